The molecule has 2 N–H and O–H groups in total. The van der Waals surface area contributed by atoms with E-state index in [4.69, 9.17) is 4.74 Å². The lowest BCUT2D eigenvalue weighted by Crippen LogP contribution is -2.19. The monoisotopic (exact) mass is 348 g/mol. The number of aryl methyl sites for hydroxylation is 1. The normalized spacial score (nSPS) is 13.3. The molecular formula is C21H20N2O3. The van der Waals surface area contributed by atoms with Gasteiger partial charge in [-0.3, -0.25) is 9.59 Å². The van der Waals surface area contributed by atoms with E-state index in [1.54, 1.807) is 31.4 Å². The molecule has 1 amide bonds. The standard InChI is InChI=1S/C21H20N2O3/c1-26-15-9-6-13(7-10-15)20(24)22-14-8-11-17-16-4-2-3-5-18(16)21(25)23-19(17)12-14/h6-12H,2-5H2,1H3,(H,22,24)(H,23,25). The number of carbonyl (C=O) groups is 1. The van der Waals surface area contributed by atoms with Gasteiger partial charge >= 0.3 is 0 Å². The average molecular weight is 348 g/mol. The Labute approximate surface area is 151 Å². The molecule has 1 aromatic heterocycles. The Balaban J connectivity index is 1.65. The van der Waals surface area contributed by atoms with Gasteiger partial charge in [-0.25, -0.2) is 0 Å². The summed E-state index contributed by atoms with van der Waals surface area (Å²) in [5.41, 5.74) is 4.03. The number of ether oxygens (including phenoxy) is 1. The van der Waals surface area contributed by atoms with Crippen molar-refractivity contribution in [2.45, 2.75) is 25.7 Å². The number of amides is 1. The summed E-state index contributed by atoms with van der Waals surface area (Å²) in [6.45, 7) is 0. The van der Waals surface area contributed by atoms with Gasteiger partial charge in [-0.15, -0.1) is 0 Å². The fourth-order valence-electron chi connectivity index (χ4n) is 3.59. The van der Waals surface area contributed by atoms with Gasteiger partial charge in [-0.05, 0) is 67.6 Å². The molecule has 0 unspecified atom stereocenters. The first kappa shape index (κ1) is 16.4. The lowest BCUT2D eigenvalue weighted by Gasteiger charge is -2.17. The fraction of sp³-hybridized carbons (Fsp3) is 0.238. The highest BCUT2D eigenvalue weighted by Crippen LogP contribution is 2.27. The Morgan fingerprint density at radius 1 is 1.04 bits per heavy atom. The van der Waals surface area contributed by atoms with Gasteiger partial charge in [0, 0.05) is 22.2 Å². The van der Waals surface area contributed by atoms with E-state index in [1.807, 2.05) is 18.2 Å². The maximum Gasteiger partial charge on any atom is 0.255 e. The van der Waals surface area contributed by atoms with Gasteiger partial charge in [0.2, 0.25) is 0 Å². The van der Waals surface area contributed by atoms with E-state index < -0.39 is 0 Å². The van der Waals surface area contributed by atoms with Crippen molar-refractivity contribution < 1.29 is 9.53 Å². The Morgan fingerprint density at radius 2 is 1.77 bits per heavy atom. The molecule has 0 aliphatic heterocycles. The Hall–Kier alpha value is -3.08. The smallest absolute Gasteiger partial charge is 0.255 e. The number of aromatic amines is 1. The summed E-state index contributed by atoms with van der Waals surface area (Å²) in [7, 11) is 1.59. The van der Waals surface area contributed by atoms with E-state index in [0.29, 0.717) is 17.0 Å². The van der Waals surface area contributed by atoms with Crippen LogP contribution in [0.15, 0.2) is 47.3 Å². The molecule has 3 aromatic rings. The molecule has 2 aromatic carbocycles. The van der Waals surface area contributed by atoms with E-state index in [-0.39, 0.29) is 11.5 Å². The Kier molecular flexibility index (Phi) is 4.21. The zero-order valence-electron chi connectivity index (χ0n) is 14.6. The SMILES string of the molecule is COc1ccc(C(=O)Nc2ccc3c4c(c(=O)[nH]c3c2)CCCC4)cc1. The zero-order chi connectivity index (χ0) is 18.1. The van der Waals surface area contributed by atoms with Crippen LogP contribution in [0.5, 0.6) is 5.75 Å². The highest BCUT2D eigenvalue weighted by atomic mass is 16.5. The van der Waals surface area contributed by atoms with Gasteiger partial charge in [-0.1, -0.05) is 6.07 Å². The largest absolute Gasteiger partial charge is 0.497 e. The van der Waals surface area contributed by atoms with E-state index in [0.717, 1.165) is 47.7 Å². The third kappa shape index (κ3) is 2.96. The Bertz CT molecular complexity index is 1040. The predicted molar refractivity (Wildman–Crippen MR) is 102 cm³/mol. The number of carbonyl (C=O) groups excluding carboxylic acids is 1. The minimum atomic E-state index is -0.202. The predicted octanol–water partition coefficient (Wildman–Crippen LogP) is 3.67. The van der Waals surface area contributed by atoms with Crippen molar-refractivity contribution in [3.05, 3.63) is 69.5 Å². The van der Waals surface area contributed by atoms with Crippen LogP contribution in [0.25, 0.3) is 10.9 Å². The maximum atomic E-state index is 12.4. The van der Waals surface area contributed by atoms with E-state index in [2.05, 4.69) is 10.3 Å². The van der Waals surface area contributed by atoms with Crippen LogP contribution in [0.4, 0.5) is 5.69 Å². The van der Waals surface area contributed by atoms with Crippen LogP contribution in [0, 0.1) is 0 Å². The van der Waals surface area contributed by atoms with Gasteiger partial charge in [0.1, 0.15) is 5.75 Å². The number of aromatic nitrogens is 1. The van der Waals surface area contributed by atoms with E-state index in [9.17, 15) is 9.59 Å². The highest BCUT2D eigenvalue weighted by molar-refractivity contribution is 6.05. The molecule has 0 bridgehead atoms. The van der Waals surface area contributed by atoms with Crippen LogP contribution in [0.2, 0.25) is 0 Å². The second kappa shape index (κ2) is 6.67. The molecule has 0 spiro atoms. The van der Waals surface area contributed by atoms with Crippen LogP contribution < -0.4 is 15.6 Å². The average Bonchev–Trinajstić information content (AvgIpc) is 2.68. The minimum Gasteiger partial charge on any atom is -0.497 e. The molecular weight excluding hydrogens is 328 g/mol. The van der Waals surface area contributed by atoms with Crippen molar-refractivity contribution in [2.75, 3.05) is 12.4 Å². The van der Waals surface area contributed by atoms with Crippen molar-refractivity contribution in [3.8, 4) is 5.75 Å². The molecule has 5 nitrogen and oxygen atoms in total. The maximum absolute atomic E-state index is 12.4. The molecule has 0 saturated heterocycles. The molecule has 0 saturated carbocycles. The summed E-state index contributed by atoms with van der Waals surface area (Å²) in [6, 6.07) is 12.6. The number of anilines is 1. The van der Waals surface area contributed by atoms with Crippen LogP contribution in [-0.2, 0) is 12.8 Å². The number of benzene rings is 2. The third-order valence-corrected chi connectivity index (χ3v) is 4.94. The zero-order valence-corrected chi connectivity index (χ0v) is 14.6. The molecule has 1 aliphatic carbocycles. The quantitative estimate of drug-likeness (QED) is 0.759. The first-order chi connectivity index (χ1) is 12.7. The van der Waals surface area contributed by atoms with Crippen LogP contribution in [-0.4, -0.2) is 18.0 Å². The molecule has 26 heavy (non-hydrogen) atoms. The number of H-pyrrole nitrogens is 1. The number of hydrogen-bond donors (Lipinski definition) is 2. The summed E-state index contributed by atoms with van der Waals surface area (Å²) in [5, 5.41) is 3.96. The molecule has 4 rings (SSSR count). The summed E-state index contributed by atoms with van der Waals surface area (Å²) < 4.78 is 5.11. The lowest BCUT2D eigenvalue weighted by molar-refractivity contribution is 0.102. The van der Waals surface area contributed by atoms with Crippen molar-refractivity contribution in [3.63, 3.8) is 0 Å². The number of pyridine rings is 1. The molecule has 1 heterocycles. The topological polar surface area (TPSA) is 71.2 Å². The summed E-state index contributed by atoms with van der Waals surface area (Å²) >= 11 is 0. The van der Waals surface area contributed by atoms with E-state index in [1.165, 1.54) is 0 Å². The summed E-state index contributed by atoms with van der Waals surface area (Å²) in [6.07, 6.45) is 3.96. The number of fused-ring (bicyclic) bond motifs is 3. The molecule has 1 aliphatic rings. The van der Waals surface area contributed by atoms with Crippen LogP contribution in [0.3, 0.4) is 0 Å². The molecule has 0 atom stereocenters. The van der Waals surface area contributed by atoms with Gasteiger partial charge in [0.05, 0.1) is 12.6 Å². The van der Waals surface area contributed by atoms with Crippen LogP contribution in [0.1, 0.15) is 34.3 Å². The van der Waals surface area contributed by atoms with Crippen molar-refractivity contribution in [1.82, 2.24) is 4.98 Å². The first-order valence-corrected chi connectivity index (χ1v) is 8.79. The lowest BCUT2D eigenvalue weighted by atomic mass is 9.90. The number of nitrogens with one attached hydrogen (secondary N) is 2. The van der Waals surface area contributed by atoms with Gasteiger partial charge in [-0.2, -0.15) is 0 Å². The van der Waals surface area contributed by atoms with Crippen molar-refractivity contribution >= 4 is 22.5 Å². The van der Waals surface area contributed by atoms with Crippen LogP contribution >= 0.6 is 0 Å². The van der Waals surface area contributed by atoms with E-state index >= 15 is 0 Å². The number of methoxy groups -OCH3 is 1. The number of hydrogen-bond acceptors (Lipinski definition) is 3. The fourth-order valence-corrected chi connectivity index (χ4v) is 3.59. The molecule has 0 fully saturated rings. The number of rotatable bonds is 3. The second-order valence-corrected chi connectivity index (χ2v) is 6.56. The van der Waals surface area contributed by atoms with Gasteiger partial charge in [0.15, 0.2) is 0 Å². The molecule has 5 heteroatoms. The van der Waals surface area contributed by atoms with Gasteiger partial charge < -0.3 is 15.0 Å². The molecule has 132 valence electrons. The van der Waals surface area contributed by atoms with Gasteiger partial charge in [0.25, 0.3) is 11.5 Å². The Morgan fingerprint density at radius 3 is 2.50 bits per heavy atom. The van der Waals surface area contributed by atoms with Crippen molar-refractivity contribution in [2.24, 2.45) is 0 Å². The minimum absolute atomic E-state index is 0.00849. The third-order valence-electron chi connectivity index (χ3n) is 4.94. The highest BCUT2D eigenvalue weighted by Gasteiger charge is 2.16. The summed E-state index contributed by atoms with van der Waals surface area (Å²) in [4.78, 5) is 27.7. The van der Waals surface area contributed by atoms with Crippen molar-refractivity contribution in [1.29, 1.82) is 0 Å². The first-order valence-electron chi connectivity index (χ1n) is 8.79. The second-order valence-electron chi connectivity index (χ2n) is 6.56. The molecule has 0 radical (unpaired) electrons. The summed E-state index contributed by atoms with van der Waals surface area (Å²) in [5.74, 6) is 0.502.